The van der Waals surface area contributed by atoms with Crippen LogP contribution in [0.3, 0.4) is 0 Å². The maximum absolute atomic E-state index is 11.8. The summed E-state index contributed by atoms with van der Waals surface area (Å²) in [7, 11) is -8.77. The molecule has 0 fully saturated rings. The number of aliphatic hydroxyl groups is 1. The predicted octanol–water partition coefficient (Wildman–Crippen LogP) is 12.3. The van der Waals surface area contributed by atoms with E-state index in [-0.39, 0.29) is 20.2 Å². The van der Waals surface area contributed by atoms with E-state index in [1.165, 1.54) is 0 Å². The van der Waals surface area contributed by atoms with Gasteiger partial charge in [-0.1, -0.05) is 89.2 Å². The fraction of sp³-hybridized carbons (Fsp3) is 0.692. The van der Waals surface area contributed by atoms with Gasteiger partial charge in [-0.05, 0) is 90.2 Å². The molecule has 0 saturated heterocycles. The molecule has 1 aliphatic heterocycles. The summed E-state index contributed by atoms with van der Waals surface area (Å²) in [6, 6.07) is 10.1. The van der Waals surface area contributed by atoms with Crippen LogP contribution < -0.4 is 22.4 Å². The topological polar surface area (TPSA) is 66.4 Å². The highest BCUT2D eigenvalue weighted by Crippen LogP contribution is 2.49. The molecule has 1 heterocycles. The Morgan fingerprint density at radius 3 is 1.41 bits per heavy atom. The molecule has 0 aromatic heterocycles. The minimum absolute atomic E-state index is 0.00161. The van der Waals surface area contributed by atoms with Gasteiger partial charge in [0.1, 0.15) is 34.9 Å². The minimum Gasteiger partial charge on any atom is -0.543 e. The standard InChI is InChI=1S/C39H70O6Si4/c1-36(2,3)46(13,14)42-28-24-32-29(33(25-28)44-48(17,18)38(7,8)9)26-30(40)35(41-32)27-21-22-31(43-47(15,16)37(4,5)6)34(23-27)45-49(19,20)39(10,11)12/h21-25,30,35,40H,26H2,1-20H3/t30-,35+/m0/s1. The third-order valence-electron chi connectivity index (χ3n) is 12.1. The van der Waals surface area contributed by atoms with E-state index in [9.17, 15) is 5.11 Å². The van der Waals surface area contributed by atoms with Crippen molar-refractivity contribution in [1.29, 1.82) is 0 Å². The first-order chi connectivity index (χ1) is 21.7. The lowest BCUT2D eigenvalue weighted by Crippen LogP contribution is -2.46. The zero-order valence-corrected chi connectivity index (χ0v) is 38.7. The second-order valence-electron chi connectivity index (χ2n) is 20.4. The Balaban J connectivity index is 2.17. The summed E-state index contributed by atoms with van der Waals surface area (Å²) < 4.78 is 34.4. The zero-order valence-electron chi connectivity index (χ0n) is 34.7. The fourth-order valence-electron chi connectivity index (χ4n) is 4.47. The molecular formula is C39H70O6Si4. The van der Waals surface area contributed by atoms with Crippen molar-refractivity contribution >= 4 is 33.3 Å². The summed E-state index contributed by atoms with van der Waals surface area (Å²) >= 11 is 0. The van der Waals surface area contributed by atoms with Crippen molar-refractivity contribution in [2.75, 3.05) is 0 Å². The van der Waals surface area contributed by atoms with E-state index in [1.54, 1.807) is 0 Å². The summed E-state index contributed by atoms with van der Waals surface area (Å²) in [5, 5.41) is 11.8. The molecule has 0 amide bonds. The highest BCUT2D eigenvalue weighted by atomic mass is 28.4. The quantitative estimate of drug-likeness (QED) is 0.258. The maximum atomic E-state index is 11.8. The molecule has 1 N–H and O–H groups in total. The second-order valence-corrected chi connectivity index (χ2v) is 39.3. The highest BCUT2D eigenvalue weighted by molar-refractivity contribution is 6.76. The van der Waals surface area contributed by atoms with Crippen LogP contribution in [0, 0.1) is 0 Å². The largest absolute Gasteiger partial charge is 0.543 e. The lowest BCUT2D eigenvalue weighted by Gasteiger charge is -2.41. The SMILES string of the molecule is CC(C)(C)[Si](C)(C)Oc1cc2c(c(O[Si](C)(C)C(C)(C)C)c1)C[C@H](O)[C@@H](c1ccc(O[Si](C)(C)C(C)(C)C)c(O[Si](C)(C)C(C)(C)C)c1)O2. The third kappa shape index (κ3) is 9.20. The Hall–Kier alpha value is -1.73. The molecule has 6 nitrogen and oxygen atoms in total. The monoisotopic (exact) mass is 746 g/mol. The summed E-state index contributed by atoms with van der Waals surface area (Å²) in [6.07, 6.45) is -0.973. The molecule has 0 spiro atoms. The van der Waals surface area contributed by atoms with E-state index in [2.05, 4.69) is 135 Å². The molecule has 49 heavy (non-hydrogen) atoms. The van der Waals surface area contributed by atoms with E-state index in [4.69, 9.17) is 22.4 Å². The van der Waals surface area contributed by atoms with Gasteiger partial charge >= 0.3 is 0 Å². The Bertz CT molecular complexity index is 1490. The van der Waals surface area contributed by atoms with Crippen LogP contribution in [0.2, 0.25) is 72.5 Å². The molecule has 0 radical (unpaired) electrons. The molecule has 0 saturated carbocycles. The van der Waals surface area contributed by atoms with Crippen molar-refractivity contribution in [2.45, 2.75) is 174 Å². The molecule has 0 unspecified atom stereocenters. The normalized spacial score (nSPS) is 18.4. The lowest BCUT2D eigenvalue weighted by atomic mass is 9.94. The van der Waals surface area contributed by atoms with Crippen LogP contribution in [0.4, 0.5) is 0 Å². The van der Waals surface area contributed by atoms with Crippen molar-refractivity contribution in [2.24, 2.45) is 0 Å². The van der Waals surface area contributed by atoms with Gasteiger partial charge < -0.3 is 27.5 Å². The van der Waals surface area contributed by atoms with E-state index in [1.807, 2.05) is 30.3 Å². The van der Waals surface area contributed by atoms with Crippen LogP contribution >= 0.6 is 0 Å². The fourth-order valence-corrected chi connectivity index (χ4v) is 8.56. The number of hydrogen-bond donors (Lipinski definition) is 1. The van der Waals surface area contributed by atoms with Crippen molar-refractivity contribution in [3.05, 3.63) is 41.5 Å². The average Bonchev–Trinajstić information content (AvgIpc) is 2.86. The van der Waals surface area contributed by atoms with Gasteiger partial charge in [0.25, 0.3) is 16.6 Å². The van der Waals surface area contributed by atoms with Gasteiger partial charge in [-0.25, -0.2) is 0 Å². The smallest absolute Gasteiger partial charge is 0.250 e. The van der Waals surface area contributed by atoms with Gasteiger partial charge in [0.05, 0.1) is 6.10 Å². The van der Waals surface area contributed by atoms with Crippen LogP contribution in [0.15, 0.2) is 30.3 Å². The molecule has 2 atom stereocenters. The first-order valence-corrected chi connectivity index (χ1v) is 29.7. The molecule has 0 aliphatic carbocycles. The number of aliphatic hydroxyl groups excluding tert-OH is 1. The van der Waals surface area contributed by atoms with Gasteiger partial charge in [0.15, 0.2) is 0 Å². The Morgan fingerprint density at radius 1 is 0.551 bits per heavy atom. The van der Waals surface area contributed by atoms with Gasteiger partial charge in [-0.3, -0.25) is 0 Å². The van der Waals surface area contributed by atoms with Gasteiger partial charge in [0.2, 0.25) is 16.6 Å². The van der Waals surface area contributed by atoms with Gasteiger partial charge in [-0.2, -0.15) is 0 Å². The number of rotatable bonds is 9. The molecular weight excluding hydrogens is 677 g/mol. The summed E-state index contributed by atoms with van der Waals surface area (Å²) in [6.45, 7) is 45.0. The average molecular weight is 747 g/mol. The molecule has 1 aliphatic rings. The predicted molar refractivity (Wildman–Crippen MR) is 217 cm³/mol. The number of fused-ring (bicyclic) bond motifs is 1. The first-order valence-electron chi connectivity index (χ1n) is 18.1. The summed E-state index contributed by atoms with van der Waals surface area (Å²) in [4.78, 5) is 0. The van der Waals surface area contributed by atoms with Crippen LogP contribution in [0.1, 0.15) is 100 Å². The second kappa shape index (κ2) is 13.4. The first kappa shape index (κ1) is 41.7. The molecule has 3 rings (SSSR count). The van der Waals surface area contributed by atoms with Crippen LogP contribution in [-0.4, -0.2) is 44.5 Å². The maximum Gasteiger partial charge on any atom is 0.250 e. The van der Waals surface area contributed by atoms with Crippen LogP contribution in [-0.2, 0) is 6.42 Å². The van der Waals surface area contributed by atoms with E-state index >= 15 is 0 Å². The van der Waals surface area contributed by atoms with Gasteiger partial charge in [0, 0.05) is 24.1 Å². The van der Waals surface area contributed by atoms with Crippen molar-refractivity contribution in [1.82, 2.24) is 0 Å². The van der Waals surface area contributed by atoms with E-state index in [0.717, 1.165) is 34.1 Å². The Morgan fingerprint density at radius 2 is 0.959 bits per heavy atom. The van der Waals surface area contributed by atoms with Crippen molar-refractivity contribution < 1.29 is 27.5 Å². The van der Waals surface area contributed by atoms with E-state index in [0.29, 0.717) is 12.2 Å². The van der Waals surface area contributed by atoms with E-state index < -0.39 is 45.5 Å². The Labute approximate surface area is 304 Å². The molecule has 2 aromatic carbocycles. The highest BCUT2D eigenvalue weighted by Gasteiger charge is 2.45. The Kier molecular flexibility index (Phi) is 11.4. The molecule has 0 bridgehead atoms. The molecule has 10 heteroatoms. The summed E-state index contributed by atoms with van der Waals surface area (Å²) in [5.41, 5.74) is 1.75. The van der Waals surface area contributed by atoms with Gasteiger partial charge in [-0.15, -0.1) is 0 Å². The zero-order chi connectivity index (χ0) is 38.0. The van der Waals surface area contributed by atoms with Crippen LogP contribution in [0.5, 0.6) is 28.7 Å². The lowest BCUT2D eigenvalue weighted by molar-refractivity contribution is 0.0200. The van der Waals surface area contributed by atoms with Crippen molar-refractivity contribution in [3.63, 3.8) is 0 Å². The number of ether oxygens (including phenoxy) is 1. The minimum atomic E-state index is -2.23. The number of hydrogen-bond acceptors (Lipinski definition) is 6. The molecule has 2 aromatic rings. The third-order valence-corrected chi connectivity index (χ3v) is 29.5. The van der Waals surface area contributed by atoms with Crippen LogP contribution in [0.25, 0.3) is 0 Å². The molecule has 278 valence electrons. The summed E-state index contributed by atoms with van der Waals surface area (Å²) in [5.74, 6) is 3.71. The number of benzene rings is 2. The van der Waals surface area contributed by atoms with Crippen molar-refractivity contribution in [3.8, 4) is 28.7 Å².